The minimum Gasteiger partial charge on any atom is -0.350 e. The normalized spacial score (nSPS) is 18.6. The van der Waals surface area contributed by atoms with Crippen LogP contribution in [-0.4, -0.2) is 52.2 Å². The van der Waals surface area contributed by atoms with E-state index in [-0.39, 0.29) is 12.5 Å². The highest BCUT2D eigenvalue weighted by Gasteiger charge is 2.36. The molecular weight excluding hydrogens is 330 g/mol. The van der Waals surface area contributed by atoms with E-state index in [2.05, 4.69) is 15.4 Å². The maximum Gasteiger partial charge on any atom is 0.238 e. The Morgan fingerprint density at radius 3 is 2.92 bits per heavy atom. The molecule has 2 aromatic heterocycles. The highest BCUT2D eigenvalue weighted by atomic mass is 32.2. The molecule has 0 spiro atoms. The number of rotatable bonds is 5. The van der Waals surface area contributed by atoms with Crippen molar-refractivity contribution in [1.29, 1.82) is 0 Å². The third-order valence-corrected chi connectivity index (χ3v) is 5.26. The predicted octanol–water partition coefficient (Wildman–Crippen LogP) is 0.308. The lowest BCUT2D eigenvalue weighted by Gasteiger charge is -2.21. The van der Waals surface area contributed by atoms with Gasteiger partial charge >= 0.3 is 0 Å². The van der Waals surface area contributed by atoms with Crippen LogP contribution in [0.5, 0.6) is 0 Å². The van der Waals surface area contributed by atoms with Gasteiger partial charge < -0.3 is 5.32 Å². The summed E-state index contributed by atoms with van der Waals surface area (Å²) in [6.45, 7) is 0.651. The molecule has 0 saturated carbocycles. The Morgan fingerprint density at radius 1 is 1.38 bits per heavy atom. The van der Waals surface area contributed by atoms with Crippen molar-refractivity contribution in [3.05, 3.63) is 42.4 Å². The van der Waals surface area contributed by atoms with Gasteiger partial charge in [0.2, 0.25) is 15.9 Å². The molecule has 1 atom stereocenters. The Labute approximate surface area is 140 Å². The van der Waals surface area contributed by atoms with Crippen LogP contribution < -0.4 is 5.32 Å². The van der Waals surface area contributed by atoms with Crippen LogP contribution in [0.4, 0.5) is 0 Å². The van der Waals surface area contributed by atoms with E-state index < -0.39 is 16.1 Å². The van der Waals surface area contributed by atoms with E-state index >= 15 is 0 Å². The van der Waals surface area contributed by atoms with Crippen LogP contribution in [0.2, 0.25) is 0 Å². The SMILES string of the molecule is CS(=O)(=O)N1CCC[C@@H]1C(=O)NCc1cccnc1-n1cccn1. The topological polar surface area (TPSA) is 97.2 Å². The van der Waals surface area contributed by atoms with Gasteiger partial charge in [-0.25, -0.2) is 18.1 Å². The Hall–Kier alpha value is -2.26. The lowest BCUT2D eigenvalue weighted by atomic mass is 10.2. The van der Waals surface area contributed by atoms with Crippen LogP contribution in [0.1, 0.15) is 18.4 Å². The van der Waals surface area contributed by atoms with Gasteiger partial charge in [0.25, 0.3) is 0 Å². The standard InChI is InChI=1S/C15H19N5O3S/c1-24(22,23)20-10-3-6-13(20)15(21)17-11-12-5-2-7-16-14(12)19-9-4-8-18-19/h2,4-5,7-9,13H,3,6,10-11H2,1H3,(H,17,21)/t13-/m1/s1. The average molecular weight is 349 g/mol. The summed E-state index contributed by atoms with van der Waals surface area (Å²) in [5, 5.41) is 6.97. The molecule has 1 N–H and O–H groups in total. The molecule has 1 aliphatic rings. The number of nitrogens with one attached hydrogen (secondary N) is 1. The van der Waals surface area contributed by atoms with E-state index in [9.17, 15) is 13.2 Å². The number of carbonyl (C=O) groups is 1. The molecule has 2 aromatic rings. The molecule has 8 nitrogen and oxygen atoms in total. The van der Waals surface area contributed by atoms with E-state index in [1.54, 1.807) is 35.4 Å². The van der Waals surface area contributed by atoms with Gasteiger partial charge in [-0.2, -0.15) is 9.40 Å². The second kappa shape index (κ2) is 6.70. The first-order valence-electron chi connectivity index (χ1n) is 7.65. The Bertz CT molecular complexity index is 819. The molecule has 3 rings (SSSR count). The molecule has 3 heterocycles. The van der Waals surface area contributed by atoms with Crippen molar-refractivity contribution >= 4 is 15.9 Å². The highest BCUT2D eigenvalue weighted by Crippen LogP contribution is 2.20. The largest absolute Gasteiger partial charge is 0.350 e. The maximum absolute atomic E-state index is 12.4. The molecule has 0 aromatic carbocycles. The van der Waals surface area contributed by atoms with Gasteiger partial charge in [0, 0.05) is 37.2 Å². The van der Waals surface area contributed by atoms with E-state index in [1.807, 2.05) is 6.07 Å². The number of pyridine rings is 1. The highest BCUT2D eigenvalue weighted by molar-refractivity contribution is 7.88. The lowest BCUT2D eigenvalue weighted by molar-refractivity contribution is -0.124. The summed E-state index contributed by atoms with van der Waals surface area (Å²) < 4.78 is 26.4. The summed E-state index contributed by atoms with van der Waals surface area (Å²) in [6, 6.07) is 4.80. The van der Waals surface area contributed by atoms with Crippen molar-refractivity contribution in [3.63, 3.8) is 0 Å². The number of hydrogen-bond acceptors (Lipinski definition) is 5. The van der Waals surface area contributed by atoms with E-state index in [0.717, 1.165) is 11.8 Å². The van der Waals surface area contributed by atoms with Crippen LogP contribution in [0, 0.1) is 0 Å². The summed E-state index contributed by atoms with van der Waals surface area (Å²) >= 11 is 0. The van der Waals surface area contributed by atoms with Crippen molar-refractivity contribution in [2.75, 3.05) is 12.8 Å². The summed E-state index contributed by atoms with van der Waals surface area (Å²) in [4.78, 5) is 16.7. The number of amides is 1. The van der Waals surface area contributed by atoms with Crippen LogP contribution in [0.3, 0.4) is 0 Å². The second-order valence-electron chi connectivity index (χ2n) is 5.69. The molecule has 1 saturated heterocycles. The van der Waals surface area contributed by atoms with Gasteiger partial charge in [0.15, 0.2) is 5.82 Å². The molecule has 1 amide bonds. The van der Waals surface area contributed by atoms with Gasteiger partial charge in [-0.3, -0.25) is 4.79 Å². The summed E-state index contributed by atoms with van der Waals surface area (Å²) in [7, 11) is -3.38. The fraction of sp³-hybridized carbons (Fsp3) is 0.400. The van der Waals surface area contributed by atoms with Crippen molar-refractivity contribution in [3.8, 4) is 5.82 Å². The lowest BCUT2D eigenvalue weighted by Crippen LogP contribution is -2.45. The third-order valence-electron chi connectivity index (χ3n) is 3.97. The average Bonchev–Trinajstić information content (AvgIpc) is 3.23. The fourth-order valence-corrected chi connectivity index (χ4v) is 3.99. The predicted molar refractivity (Wildman–Crippen MR) is 87.8 cm³/mol. The number of carbonyl (C=O) groups excluding carboxylic acids is 1. The minimum atomic E-state index is -3.38. The molecular formula is C15H19N5O3S. The summed E-state index contributed by atoms with van der Waals surface area (Å²) in [6.07, 6.45) is 7.45. The number of hydrogen-bond donors (Lipinski definition) is 1. The monoisotopic (exact) mass is 349 g/mol. The van der Waals surface area contributed by atoms with Gasteiger partial charge in [0.1, 0.15) is 6.04 Å². The van der Waals surface area contributed by atoms with Crippen molar-refractivity contribution < 1.29 is 13.2 Å². The smallest absolute Gasteiger partial charge is 0.238 e. The third kappa shape index (κ3) is 3.46. The quantitative estimate of drug-likeness (QED) is 0.838. The van der Waals surface area contributed by atoms with E-state index in [4.69, 9.17) is 0 Å². The molecule has 0 radical (unpaired) electrons. The van der Waals surface area contributed by atoms with Crippen LogP contribution in [0.25, 0.3) is 5.82 Å². The second-order valence-corrected chi connectivity index (χ2v) is 7.62. The zero-order valence-electron chi connectivity index (χ0n) is 13.3. The van der Waals surface area contributed by atoms with Gasteiger partial charge in [-0.05, 0) is 25.0 Å². The summed E-state index contributed by atoms with van der Waals surface area (Å²) in [5.41, 5.74) is 0.804. The summed E-state index contributed by atoms with van der Waals surface area (Å²) in [5.74, 6) is 0.349. The molecule has 1 fully saturated rings. The molecule has 0 bridgehead atoms. The first kappa shape index (κ1) is 16.6. The van der Waals surface area contributed by atoms with Gasteiger partial charge in [-0.1, -0.05) is 6.07 Å². The van der Waals surface area contributed by atoms with Crippen LogP contribution in [-0.2, 0) is 21.4 Å². The Kier molecular flexibility index (Phi) is 4.63. The Balaban J connectivity index is 1.72. The van der Waals surface area contributed by atoms with Gasteiger partial charge in [-0.15, -0.1) is 0 Å². The molecule has 24 heavy (non-hydrogen) atoms. The van der Waals surface area contributed by atoms with E-state index in [0.29, 0.717) is 25.2 Å². The van der Waals surface area contributed by atoms with Crippen LogP contribution in [0.15, 0.2) is 36.8 Å². The van der Waals surface area contributed by atoms with Crippen LogP contribution >= 0.6 is 0 Å². The van der Waals surface area contributed by atoms with Crippen molar-refractivity contribution in [2.45, 2.75) is 25.4 Å². The molecule has 0 aliphatic carbocycles. The van der Waals surface area contributed by atoms with E-state index in [1.165, 1.54) is 4.31 Å². The molecule has 1 aliphatic heterocycles. The first-order chi connectivity index (χ1) is 11.5. The minimum absolute atomic E-state index is 0.260. The zero-order chi connectivity index (χ0) is 17.2. The number of aromatic nitrogens is 3. The first-order valence-corrected chi connectivity index (χ1v) is 9.50. The zero-order valence-corrected chi connectivity index (χ0v) is 14.1. The Morgan fingerprint density at radius 2 is 2.21 bits per heavy atom. The van der Waals surface area contributed by atoms with Crippen molar-refractivity contribution in [1.82, 2.24) is 24.4 Å². The maximum atomic E-state index is 12.4. The number of sulfonamides is 1. The fourth-order valence-electron chi connectivity index (χ4n) is 2.87. The molecule has 9 heteroatoms. The molecule has 0 unspecified atom stereocenters. The van der Waals surface area contributed by atoms with Gasteiger partial charge in [0.05, 0.1) is 6.26 Å². The number of nitrogens with zero attached hydrogens (tertiary/aromatic N) is 4. The molecule has 128 valence electrons. The van der Waals surface area contributed by atoms with Crippen molar-refractivity contribution in [2.24, 2.45) is 0 Å².